The van der Waals surface area contributed by atoms with Crippen molar-refractivity contribution in [3.8, 4) is 0 Å². The lowest BCUT2D eigenvalue weighted by Crippen LogP contribution is -2.31. The molecule has 4 nitrogen and oxygen atoms in total. The highest BCUT2D eigenvalue weighted by atomic mass is 16.3. The van der Waals surface area contributed by atoms with Crippen molar-refractivity contribution in [3.63, 3.8) is 0 Å². The molecule has 1 saturated heterocycles. The lowest BCUT2D eigenvalue weighted by molar-refractivity contribution is 0.0919. The Labute approximate surface area is 127 Å². The molecule has 0 spiro atoms. The summed E-state index contributed by atoms with van der Waals surface area (Å²) in [7, 11) is 0. The average molecular weight is 290 g/mol. The van der Waals surface area contributed by atoms with E-state index in [1.54, 1.807) is 6.26 Å². The molecule has 0 aliphatic carbocycles. The van der Waals surface area contributed by atoms with Gasteiger partial charge in [0.15, 0.2) is 5.76 Å². The van der Waals surface area contributed by atoms with Crippen molar-refractivity contribution >= 4 is 5.91 Å². The summed E-state index contributed by atoms with van der Waals surface area (Å²) in [5, 5.41) is 2.99. The monoisotopic (exact) mass is 290 g/mol. The maximum absolute atomic E-state index is 12.0. The van der Waals surface area contributed by atoms with Gasteiger partial charge in [0.05, 0.1) is 6.26 Å². The Morgan fingerprint density at radius 1 is 1.57 bits per heavy atom. The van der Waals surface area contributed by atoms with E-state index >= 15 is 0 Å². The largest absolute Gasteiger partial charge is 0.459 e. The average Bonchev–Trinajstić information content (AvgIpc) is 3.05. The second-order valence-corrected chi connectivity index (χ2v) is 5.99. The molecule has 0 aromatic carbocycles. The van der Waals surface area contributed by atoms with Crippen molar-refractivity contribution in [2.45, 2.75) is 33.6 Å². The van der Waals surface area contributed by atoms with Gasteiger partial charge in [-0.05, 0) is 45.2 Å². The van der Waals surface area contributed by atoms with Crippen LogP contribution < -0.4 is 5.32 Å². The number of nitrogens with zero attached hydrogens (tertiary/aromatic N) is 1. The molecule has 1 atom stereocenters. The van der Waals surface area contributed by atoms with Gasteiger partial charge in [-0.25, -0.2) is 0 Å². The first-order chi connectivity index (χ1) is 10.1. The third kappa shape index (κ3) is 4.46. The number of hydrogen-bond donors (Lipinski definition) is 1. The van der Waals surface area contributed by atoms with Crippen LogP contribution in [0.1, 0.15) is 42.8 Å². The highest BCUT2D eigenvalue weighted by Crippen LogP contribution is 2.17. The third-order valence-corrected chi connectivity index (χ3v) is 4.02. The Bertz CT molecular complexity index is 505. The van der Waals surface area contributed by atoms with Crippen LogP contribution in [0.3, 0.4) is 0 Å². The molecule has 1 aromatic heterocycles. The Hall–Kier alpha value is -1.55. The van der Waals surface area contributed by atoms with E-state index in [4.69, 9.17) is 4.42 Å². The number of carbonyl (C=O) groups excluding carboxylic acids is 1. The first-order valence-corrected chi connectivity index (χ1v) is 7.80. The minimum atomic E-state index is -0.0991. The number of amides is 1. The van der Waals surface area contributed by atoms with Crippen LogP contribution in [-0.4, -0.2) is 37.0 Å². The van der Waals surface area contributed by atoms with Gasteiger partial charge in [-0.2, -0.15) is 0 Å². The molecule has 1 fully saturated rings. The van der Waals surface area contributed by atoms with Crippen LogP contribution in [-0.2, 0) is 0 Å². The molecule has 1 amide bonds. The van der Waals surface area contributed by atoms with Gasteiger partial charge in [-0.1, -0.05) is 18.6 Å². The maximum atomic E-state index is 12.0. The number of carbonyl (C=O) groups is 1. The Kier molecular flexibility index (Phi) is 5.62. The Morgan fingerprint density at radius 2 is 2.38 bits per heavy atom. The molecule has 116 valence electrons. The van der Waals surface area contributed by atoms with Crippen LogP contribution in [0.5, 0.6) is 0 Å². The van der Waals surface area contributed by atoms with Crippen molar-refractivity contribution in [3.05, 3.63) is 35.3 Å². The van der Waals surface area contributed by atoms with Crippen molar-refractivity contribution in [1.82, 2.24) is 10.2 Å². The summed E-state index contributed by atoms with van der Waals surface area (Å²) in [6, 6.07) is 1.81. The van der Waals surface area contributed by atoms with E-state index in [1.165, 1.54) is 5.57 Å². The third-order valence-electron chi connectivity index (χ3n) is 4.02. The number of likely N-dealkylation sites (tertiary alicyclic amines) is 1. The van der Waals surface area contributed by atoms with Gasteiger partial charge >= 0.3 is 0 Å². The van der Waals surface area contributed by atoms with E-state index in [0.29, 0.717) is 11.7 Å². The second-order valence-electron chi connectivity index (χ2n) is 5.99. The Balaban J connectivity index is 1.75. The lowest BCUT2D eigenvalue weighted by Gasteiger charge is -2.16. The van der Waals surface area contributed by atoms with Gasteiger partial charge in [-0.15, -0.1) is 0 Å². The van der Waals surface area contributed by atoms with Gasteiger partial charge in [0, 0.05) is 25.2 Å². The first kappa shape index (κ1) is 15.8. The van der Waals surface area contributed by atoms with Crippen LogP contribution in [0.4, 0.5) is 0 Å². The molecule has 4 heteroatoms. The number of furan rings is 1. The fourth-order valence-corrected chi connectivity index (χ4v) is 2.91. The number of rotatable bonds is 6. The summed E-state index contributed by atoms with van der Waals surface area (Å²) in [4.78, 5) is 14.5. The number of hydrogen-bond acceptors (Lipinski definition) is 3. The quantitative estimate of drug-likeness (QED) is 0.819. The van der Waals surface area contributed by atoms with Crippen molar-refractivity contribution in [2.75, 3.05) is 26.2 Å². The van der Waals surface area contributed by atoms with Gasteiger partial charge in [0.25, 0.3) is 5.91 Å². The van der Waals surface area contributed by atoms with Crippen molar-refractivity contribution < 1.29 is 9.21 Å². The molecule has 0 saturated carbocycles. The fraction of sp³-hybridized carbons (Fsp3) is 0.588. The summed E-state index contributed by atoms with van der Waals surface area (Å²) in [5.41, 5.74) is 2.33. The minimum absolute atomic E-state index is 0.0991. The molecule has 1 aliphatic rings. The molecular formula is C17H26N2O2. The zero-order chi connectivity index (χ0) is 15.2. The molecule has 1 aliphatic heterocycles. The molecule has 0 bridgehead atoms. The summed E-state index contributed by atoms with van der Waals surface area (Å²) < 4.78 is 5.21. The normalized spacial score (nSPS) is 20.0. The smallest absolute Gasteiger partial charge is 0.287 e. The molecule has 0 radical (unpaired) electrons. The van der Waals surface area contributed by atoms with E-state index in [2.05, 4.69) is 30.1 Å². The van der Waals surface area contributed by atoms with Crippen LogP contribution in [0.25, 0.3) is 0 Å². The molecule has 21 heavy (non-hydrogen) atoms. The predicted molar refractivity (Wildman–Crippen MR) is 84.4 cm³/mol. The predicted octanol–water partition coefficient (Wildman–Crippen LogP) is 3.00. The zero-order valence-electron chi connectivity index (χ0n) is 13.3. The van der Waals surface area contributed by atoms with Crippen LogP contribution in [0.15, 0.2) is 28.4 Å². The molecular weight excluding hydrogens is 264 g/mol. The van der Waals surface area contributed by atoms with Gasteiger partial charge in [0.1, 0.15) is 0 Å². The molecule has 1 N–H and O–H groups in total. The number of allylic oxidation sites excluding steroid dienone is 1. The van der Waals surface area contributed by atoms with E-state index in [9.17, 15) is 4.79 Å². The lowest BCUT2D eigenvalue weighted by atomic mass is 10.1. The highest BCUT2D eigenvalue weighted by Gasteiger charge is 2.23. The summed E-state index contributed by atoms with van der Waals surface area (Å²) in [6.07, 6.45) is 6.09. The molecule has 0 unspecified atom stereocenters. The first-order valence-electron chi connectivity index (χ1n) is 7.80. The van der Waals surface area contributed by atoms with Gasteiger partial charge in [0.2, 0.25) is 0 Å². The summed E-state index contributed by atoms with van der Waals surface area (Å²) in [6.45, 7) is 10.2. The Morgan fingerprint density at radius 3 is 3.05 bits per heavy atom. The van der Waals surface area contributed by atoms with E-state index in [0.717, 1.165) is 44.6 Å². The van der Waals surface area contributed by atoms with Gasteiger partial charge < -0.3 is 9.73 Å². The number of aryl methyl sites for hydroxylation is 1. The fourth-order valence-electron chi connectivity index (χ4n) is 2.91. The van der Waals surface area contributed by atoms with Crippen LogP contribution >= 0.6 is 0 Å². The summed E-state index contributed by atoms with van der Waals surface area (Å²) >= 11 is 0. The maximum Gasteiger partial charge on any atom is 0.287 e. The summed E-state index contributed by atoms with van der Waals surface area (Å²) in [5.74, 6) is 0.878. The van der Waals surface area contributed by atoms with E-state index < -0.39 is 0 Å². The van der Waals surface area contributed by atoms with Crippen LogP contribution in [0, 0.1) is 12.8 Å². The highest BCUT2D eigenvalue weighted by molar-refractivity contribution is 5.92. The van der Waals surface area contributed by atoms with E-state index in [1.807, 2.05) is 13.0 Å². The van der Waals surface area contributed by atoms with Crippen LogP contribution in [0.2, 0.25) is 0 Å². The molecule has 1 aromatic rings. The van der Waals surface area contributed by atoms with E-state index in [-0.39, 0.29) is 5.91 Å². The van der Waals surface area contributed by atoms with Crippen molar-refractivity contribution in [1.29, 1.82) is 0 Å². The second kappa shape index (κ2) is 7.46. The molecule has 2 rings (SSSR count). The zero-order valence-corrected chi connectivity index (χ0v) is 13.3. The SMILES string of the molecule is CC/C=C(\C)CN1CC[C@@H](CNC(=O)c2occc2C)C1. The van der Waals surface area contributed by atoms with Gasteiger partial charge in [-0.3, -0.25) is 9.69 Å². The standard InChI is InChI=1S/C17H26N2O2/c1-4-5-13(2)11-19-8-6-15(12-19)10-18-17(20)16-14(3)7-9-21-16/h5,7,9,15H,4,6,8,10-12H2,1-3H3,(H,18,20)/b13-5+/t15-/m0/s1. The minimum Gasteiger partial charge on any atom is -0.459 e. The molecule has 2 heterocycles. The number of nitrogens with one attached hydrogen (secondary N) is 1. The topological polar surface area (TPSA) is 45.5 Å². The van der Waals surface area contributed by atoms with Crippen molar-refractivity contribution in [2.24, 2.45) is 5.92 Å².